The van der Waals surface area contributed by atoms with Crippen LogP contribution in [0.5, 0.6) is 0 Å². The van der Waals surface area contributed by atoms with Crippen LogP contribution in [-0.2, 0) is 29.2 Å². The third-order valence-corrected chi connectivity index (χ3v) is 7.41. The van der Waals surface area contributed by atoms with Crippen molar-refractivity contribution < 1.29 is 21.6 Å². The normalized spacial score (nSPS) is 14.6. The van der Waals surface area contributed by atoms with Crippen LogP contribution in [0.2, 0.25) is 0 Å². The van der Waals surface area contributed by atoms with Crippen LogP contribution in [0.4, 0.5) is 24.5 Å². The van der Waals surface area contributed by atoms with Crippen LogP contribution in [0.15, 0.2) is 77.7 Å². The van der Waals surface area contributed by atoms with Gasteiger partial charge in [-0.3, -0.25) is 0 Å². The Hall–Kier alpha value is -3.04. The summed E-state index contributed by atoms with van der Waals surface area (Å²) in [7, 11) is -3.68. The minimum Gasteiger partial charge on any atom is -0.381 e. The second-order valence-corrected chi connectivity index (χ2v) is 10.1. The van der Waals surface area contributed by atoms with Gasteiger partial charge in [0.25, 0.3) is 0 Å². The molecule has 0 amide bonds. The molecular formula is C25H26F3N3O2S. The zero-order valence-electron chi connectivity index (χ0n) is 18.6. The first kappa shape index (κ1) is 24.1. The van der Waals surface area contributed by atoms with E-state index in [9.17, 15) is 21.6 Å². The Kier molecular flexibility index (Phi) is 6.86. The monoisotopic (exact) mass is 489 g/mol. The molecule has 2 N–H and O–H groups in total. The minimum atomic E-state index is -4.36. The Morgan fingerprint density at radius 1 is 0.971 bits per heavy atom. The highest BCUT2D eigenvalue weighted by molar-refractivity contribution is 7.89. The summed E-state index contributed by atoms with van der Waals surface area (Å²) >= 11 is 0. The maximum atomic E-state index is 12.8. The van der Waals surface area contributed by atoms with Crippen molar-refractivity contribution in [2.24, 2.45) is 0 Å². The number of hydrogen-bond donors (Lipinski definition) is 2. The highest BCUT2D eigenvalue weighted by atomic mass is 32.2. The van der Waals surface area contributed by atoms with Gasteiger partial charge in [-0.05, 0) is 66.9 Å². The zero-order chi connectivity index (χ0) is 24.3. The fourth-order valence-electron chi connectivity index (χ4n) is 4.01. The molecule has 4 rings (SSSR count). The van der Waals surface area contributed by atoms with Crippen LogP contribution in [0.1, 0.15) is 23.6 Å². The topological polar surface area (TPSA) is 61.4 Å². The standard InChI is InChI=1S/C25H26F3N3O2S/c1-18(31-15-14-20-4-2-3-5-24(20)31)16-30-34(32,33)23-12-10-22(11-13-23)29-17-19-6-8-21(9-7-19)25(26,27)28/h2-13,18,29-30H,14-17H2,1H3. The van der Waals surface area contributed by atoms with Crippen molar-refractivity contribution >= 4 is 21.4 Å². The van der Waals surface area contributed by atoms with Gasteiger partial charge >= 0.3 is 6.18 Å². The van der Waals surface area contributed by atoms with Crippen molar-refractivity contribution in [3.05, 3.63) is 89.5 Å². The highest BCUT2D eigenvalue weighted by Gasteiger charge is 2.30. The molecule has 1 aliphatic rings. The molecule has 34 heavy (non-hydrogen) atoms. The number of hydrogen-bond acceptors (Lipinski definition) is 4. The zero-order valence-corrected chi connectivity index (χ0v) is 19.5. The second-order valence-electron chi connectivity index (χ2n) is 8.35. The smallest absolute Gasteiger partial charge is 0.381 e. The van der Waals surface area contributed by atoms with E-state index >= 15 is 0 Å². The first-order chi connectivity index (χ1) is 16.1. The average Bonchev–Trinajstić information content (AvgIpc) is 3.26. The van der Waals surface area contributed by atoms with Crippen LogP contribution >= 0.6 is 0 Å². The van der Waals surface area contributed by atoms with Gasteiger partial charge in [0.15, 0.2) is 0 Å². The number of benzene rings is 3. The molecule has 5 nitrogen and oxygen atoms in total. The van der Waals surface area contributed by atoms with Crippen LogP contribution in [-0.4, -0.2) is 27.5 Å². The summed E-state index contributed by atoms with van der Waals surface area (Å²) in [6.07, 6.45) is -3.41. The number of para-hydroxylation sites is 1. The van der Waals surface area contributed by atoms with E-state index in [-0.39, 0.29) is 17.5 Å². The van der Waals surface area contributed by atoms with E-state index in [2.05, 4.69) is 27.1 Å². The van der Waals surface area contributed by atoms with Gasteiger partial charge in [0.05, 0.1) is 10.5 Å². The molecule has 9 heteroatoms. The number of anilines is 2. The lowest BCUT2D eigenvalue weighted by atomic mass is 10.1. The number of rotatable bonds is 8. The molecular weight excluding hydrogens is 463 g/mol. The molecule has 0 saturated carbocycles. The number of alkyl halides is 3. The number of fused-ring (bicyclic) bond motifs is 1. The maximum absolute atomic E-state index is 12.8. The van der Waals surface area contributed by atoms with Gasteiger partial charge < -0.3 is 10.2 Å². The van der Waals surface area contributed by atoms with E-state index in [0.29, 0.717) is 17.8 Å². The summed E-state index contributed by atoms with van der Waals surface area (Å²) in [5.74, 6) is 0. The molecule has 1 atom stereocenters. The van der Waals surface area contributed by atoms with E-state index < -0.39 is 21.8 Å². The van der Waals surface area contributed by atoms with Crippen molar-refractivity contribution in [1.29, 1.82) is 0 Å². The van der Waals surface area contributed by atoms with Crippen LogP contribution in [0, 0.1) is 0 Å². The van der Waals surface area contributed by atoms with Gasteiger partial charge in [-0.25, -0.2) is 13.1 Å². The fraction of sp³-hybridized carbons (Fsp3) is 0.280. The van der Waals surface area contributed by atoms with Crippen LogP contribution in [0.25, 0.3) is 0 Å². The number of sulfonamides is 1. The minimum absolute atomic E-state index is 0.00287. The Balaban J connectivity index is 1.32. The molecule has 0 spiro atoms. The predicted octanol–water partition coefficient (Wildman–Crippen LogP) is 5.05. The van der Waals surface area contributed by atoms with Gasteiger partial charge in [-0.1, -0.05) is 30.3 Å². The van der Waals surface area contributed by atoms with Crippen molar-refractivity contribution in [1.82, 2.24) is 4.72 Å². The number of nitrogens with one attached hydrogen (secondary N) is 2. The first-order valence-electron chi connectivity index (χ1n) is 11.0. The van der Waals surface area contributed by atoms with Gasteiger partial charge in [-0.2, -0.15) is 13.2 Å². The molecule has 3 aromatic rings. The molecule has 1 unspecified atom stereocenters. The molecule has 3 aromatic carbocycles. The molecule has 1 aliphatic heterocycles. The summed E-state index contributed by atoms with van der Waals surface area (Å²) in [5, 5.41) is 3.09. The molecule has 180 valence electrons. The van der Waals surface area contributed by atoms with E-state index in [1.165, 1.54) is 29.8 Å². The third kappa shape index (κ3) is 5.53. The van der Waals surface area contributed by atoms with E-state index in [1.807, 2.05) is 19.1 Å². The van der Waals surface area contributed by atoms with Gasteiger partial charge in [0.2, 0.25) is 10.0 Å². The summed E-state index contributed by atoms with van der Waals surface area (Å²) < 4.78 is 66.2. The van der Waals surface area contributed by atoms with E-state index in [0.717, 1.165) is 30.8 Å². The molecule has 1 heterocycles. The van der Waals surface area contributed by atoms with Crippen LogP contribution in [0.3, 0.4) is 0 Å². The van der Waals surface area contributed by atoms with E-state index in [4.69, 9.17) is 0 Å². The van der Waals surface area contributed by atoms with Crippen molar-refractivity contribution in [2.75, 3.05) is 23.3 Å². The lowest BCUT2D eigenvalue weighted by Crippen LogP contribution is -2.41. The maximum Gasteiger partial charge on any atom is 0.416 e. The Bertz CT molecular complexity index is 1230. The summed E-state index contributed by atoms with van der Waals surface area (Å²) in [5.41, 5.74) is 3.08. The van der Waals surface area contributed by atoms with Gasteiger partial charge in [0, 0.05) is 37.1 Å². The lowest BCUT2D eigenvalue weighted by Gasteiger charge is -2.27. The predicted molar refractivity (Wildman–Crippen MR) is 127 cm³/mol. The molecule has 0 fully saturated rings. The highest BCUT2D eigenvalue weighted by Crippen LogP contribution is 2.30. The number of halogens is 3. The first-order valence-corrected chi connectivity index (χ1v) is 12.5. The van der Waals surface area contributed by atoms with Gasteiger partial charge in [-0.15, -0.1) is 0 Å². The Morgan fingerprint density at radius 2 is 1.65 bits per heavy atom. The molecule has 0 bridgehead atoms. The van der Waals surface area contributed by atoms with E-state index in [1.54, 1.807) is 12.1 Å². The van der Waals surface area contributed by atoms with Crippen molar-refractivity contribution in [3.63, 3.8) is 0 Å². The second kappa shape index (κ2) is 9.68. The van der Waals surface area contributed by atoms with Crippen molar-refractivity contribution in [3.8, 4) is 0 Å². The summed E-state index contributed by atoms with van der Waals surface area (Å²) in [6.45, 7) is 3.46. The van der Waals surface area contributed by atoms with Gasteiger partial charge in [0.1, 0.15) is 0 Å². The fourth-order valence-corrected chi connectivity index (χ4v) is 5.13. The summed E-state index contributed by atoms with van der Waals surface area (Å²) in [4.78, 5) is 2.37. The largest absolute Gasteiger partial charge is 0.416 e. The SMILES string of the molecule is CC(CNS(=O)(=O)c1ccc(NCc2ccc(C(F)(F)F)cc2)cc1)N1CCc2ccccc21. The van der Waals surface area contributed by atoms with Crippen molar-refractivity contribution in [2.45, 2.75) is 37.0 Å². The van der Waals surface area contributed by atoms with Crippen LogP contribution < -0.4 is 14.9 Å². The molecule has 0 aromatic heterocycles. The lowest BCUT2D eigenvalue weighted by molar-refractivity contribution is -0.137. The average molecular weight is 490 g/mol. The summed E-state index contributed by atoms with van der Waals surface area (Å²) in [6, 6.07) is 19.4. The molecule has 0 radical (unpaired) electrons. The Morgan fingerprint density at radius 3 is 2.32 bits per heavy atom. The number of nitrogens with zero attached hydrogens (tertiary/aromatic N) is 1. The third-order valence-electron chi connectivity index (χ3n) is 5.97. The quantitative estimate of drug-likeness (QED) is 0.465. The molecule has 0 aliphatic carbocycles. The Labute approximate surface area is 197 Å². The molecule has 0 saturated heterocycles.